The van der Waals surface area contributed by atoms with E-state index in [2.05, 4.69) is 33.8 Å². The summed E-state index contributed by atoms with van der Waals surface area (Å²) in [4.78, 5) is 22.0. The number of thiophene rings is 1. The fourth-order valence-corrected chi connectivity index (χ4v) is 5.98. The van der Waals surface area contributed by atoms with E-state index in [0.717, 1.165) is 56.4 Å². The second kappa shape index (κ2) is 9.04. The molecular weight excluding hydrogens is 412 g/mol. The van der Waals surface area contributed by atoms with E-state index in [1.54, 1.807) is 29.6 Å². The molecule has 0 saturated heterocycles. The number of rotatable bonds is 3. The monoisotopic (exact) mass is 436 g/mol. The van der Waals surface area contributed by atoms with Crippen LogP contribution < -0.4 is 10.6 Å². The number of pyridine rings is 1. The second-order valence-electron chi connectivity index (χ2n) is 6.75. The number of amides is 1. The maximum Gasteiger partial charge on any atom is 0.221 e. The van der Waals surface area contributed by atoms with Crippen molar-refractivity contribution in [3.8, 4) is 21.7 Å². The fraction of sp³-hybridized carbons (Fsp3) is 0.261. The molecule has 0 unspecified atom stereocenters. The number of anilines is 1. The molecular formula is C23H24N4OS2. The van der Waals surface area contributed by atoms with Crippen LogP contribution in [0, 0.1) is 0 Å². The van der Waals surface area contributed by atoms with E-state index in [0.29, 0.717) is 0 Å². The molecule has 30 heavy (non-hydrogen) atoms. The lowest BCUT2D eigenvalue weighted by Gasteiger charge is -2.13. The van der Waals surface area contributed by atoms with Gasteiger partial charge in [0, 0.05) is 36.3 Å². The van der Waals surface area contributed by atoms with Crippen LogP contribution in [0.25, 0.3) is 31.9 Å². The SMILES string of the molecule is CC.CC(=O)Nc1sc2c(c1-c1nc3ccc(-c4ccncc4)cc3s1)CCNC2. The topological polar surface area (TPSA) is 66.9 Å². The molecule has 1 aliphatic rings. The van der Waals surface area contributed by atoms with E-state index in [1.807, 2.05) is 38.4 Å². The minimum absolute atomic E-state index is 0.0473. The third kappa shape index (κ3) is 4.01. The number of fused-ring (bicyclic) bond motifs is 2. The van der Waals surface area contributed by atoms with Gasteiger partial charge in [-0.15, -0.1) is 22.7 Å². The number of hydrogen-bond donors (Lipinski definition) is 2. The third-order valence-corrected chi connectivity index (χ3v) is 7.02. The van der Waals surface area contributed by atoms with Crippen molar-refractivity contribution in [2.45, 2.75) is 33.7 Å². The first-order chi connectivity index (χ1) is 14.7. The summed E-state index contributed by atoms with van der Waals surface area (Å²) in [6, 6.07) is 10.4. The predicted octanol–water partition coefficient (Wildman–Crippen LogP) is 5.72. The number of nitrogens with one attached hydrogen (secondary N) is 2. The zero-order valence-electron chi connectivity index (χ0n) is 17.3. The van der Waals surface area contributed by atoms with Crippen LogP contribution in [0.4, 0.5) is 5.00 Å². The lowest BCUT2D eigenvalue weighted by Crippen LogP contribution is -2.22. The number of aromatic nitrogens is 2. The highest BCUT2D eigenvalue weighted by atomic mass is 32.1. The first kappa shape index (κ1) is 20.7. The molecule has 2 N–H and O–H groups in total. The van der Waals surface area contributed by atoms with Crippen molar-refractivity contribution in [3.05, 3.63) is 53.2 Å². The van der Waals surface area contributed by atoms with Crippen LogP contribution in [0.5, 0.6) is 0 Å². The molecule has 7 heteroatoms. The van der Waals surface area contributed by atoms with Crippen molar-refractivity contribution >= 4 is 43.8 Å². The largest absolute Gasteiger partial charge is 0.317 e. The second-order valence-corrected chi connectivity index (χ2v) is 8.89. The Hall–Kier alpha value is -2.61. The average molecular weight is 437 g/mol. The van der Waals surface area contributed by atoms with Crippen LogP contribution in [0.3, 0.4) is 0 Å². The highest BCUT2D eigenvalue weighted by molar-refractivity contribution is 7.23. The number of benzene rings is 1. The van der Waals surface area contributed by atoms with Crippen molar-refractivity contribution in [1.82, 2.24) is 15.3 Å². The average Bonchev–Trinajstić information content (AvgIpc) is 3.35. The quantitative estimate of drug-likeness (QED) is 0.431. The Labute approximate surface area is 184 Å². The maximum atomic E-state index is 11.7. The van der Waals surface area contributed by atoms with Gasteiger partial charge in [-0.05, 0) is 53.9 Å². The molecule has 0 spiro atoms. The Morgan fingerprint density at radius 1 is 1.10 bits per heavy atom. The summed E-state index contributed by atoms with van der Waals surface area (Å²) < 4.78 is 1.15. The number of hydrogen-bond acceptors (Lipinski definition) is 6. The summed E-state index contributed by atoms with van der Waals surface area (Å²) in [6.07, 6.45) is 4.57. The highest BCUT2D eigenvalue weighted by Crippen LogP contribution is 2.45. The normalized spacial score (nSPS) is 12.8. The van der Waals surface area contributed by atoms with E-state index in [-0.39, 0.29) is 5.91 Å². The van der Waals surface area contributed by atoms with Gasteiger partial charge in [0.25, 0.3) is 0 Å². The van der Waals surface area contributed by atoms with Crippen molar-refractivity contribution in [2.75, 3.05) is 11.9 Å². The van der Waals surface area contributed by atoms with Gasteiger partial charge < -0.3 is 10.6 Å². The van der Waals surface area contributed by atoms with Gasteiger partial charge in [-0.3, -0.25) is 9.78 Å². The molecule has 1 aliphatic heterocycles. The molecule has 0 bridgehead atoms. The molecule has 0 fully saturated rings. The van der Waals surface area contributed by atoms with E-state index >= 15 is 0 Å². The molecule has 1 amide bonds. The first-order valence-electron chi connectivity index (χ1n) is 10.1. The minimum Gasteiger partial charge on any atom is -0.317 e. The van der Waals surface area contributed by atoms with Crippen LogP contribution in [-0.2, 0) is 17.8 Å². The number of nitrogens with zero attached hydrogens (tertiary/aromatic N) is 2. The predicted molar refractivity (Wildman–Crippen MR) is 127 cm³/mol. The summed E-state index contributed by atoms with van der Waals surface area (Å²) in [6.45, 7) is 7.36. The van der Waals surface area contributed by atoms with Crippen LogP contribution >= 0.6 is 22.7 Å². The van der Waals surface area contributed by atoms with Crippen LogP contribution in [-0.4, -0.2) is 22.4 Å². The molecule has 0 saturated carbocycles. The van der Waals surface area contributed by atoms with Crippen molar-refractivity contribution < 1.29 is 4.79 Å². The summed E-state index contributed by atoms with van der Waals surface area (Å²) in [5.74, 6) is -0.0473. The molecule has 0 atom stereocenters. The molecule has 0 aliphatic carbocycles. The van der Waals surface area contributed by atoms with Crippen molar-refractivity contribution in [3.63, 3.8) is 0 Å². The van der Waals surface area contributed by atoms with Gasteiger partial charge in [0.1, 0.15) is 10.0 Å². The minimum atomic E-state index is -0.0473. The van der Waals surface area contributed by atoms with Crippen LogP contribution in [0.1, 0.15) is 31.2 Å². The summed E-state index contributed by atoms with van der Waals surface area (Å²) in [5, 5.41) is 8.32. The van der Waals surface area contributed by atoms with Gasteiger partial charge in [-0.2, -0.15) is 0 Å². The molecule has 5 rings (SSSR count). The van der Waals surface area contributed by atoms with Gasteiger partial charge in [0.05, 0.1) is 10.2 Å². The summed E-state index contributed by atoms with van der Waals surface area (Å²) in [5.41, 5.74) is 5.71. The summed E-state index contributed by atoms with van der Waals surface area (Å²) >= 11 is 3.35. The van der Waals surface area contributed by atoms with Crippen molar-refractivity contribution in [1.29, 1.82) is 0 Å². The van der Waals surface area contributed by atoms with E-state index in [9.17, 15) is 4.79 Å². The Balaban J connectivity index is 0.00000106. The first-order valence-corrected chi connectivity index (χ1v) is 11.8. The van der Waals surface area contributed by atoms with Gasteiger partial charge >= 0.3 is 0 Å². The number of carbonyl (C=O) groups is 1. The molecule has 5 nitrogen and oxygen atoms in total. The summed E-state index contributed by atoms with van der Waals surface area (Å²) in [7, 11) is 0. The molecule has 4 heterocycles. The fourth-order valence-electron chi connectivity index (χ4n) is 3.56. The van der Waals surface area contributed by atoms with E-state index in [1.165, 1.54) is 10.4 Å². The molecule has 154 valence electrons. The standard InChI is InChI=1S/C21H18N4OS2.C2H6/c1-12(26)24-20-19(15-6-9-23-11-18(15)28-20)21-25-16-3-2-14(10-17(16)27-21)13-4-7-22-8-5-13;1-2/h2-5,7-8,10,23H,6,9,11H2,1H3,(H,24,26);1-2H3. The smallest absolute Gasteiger partial charge is 0.221 e. The maximum absolute atomic E-state index is 11.7. The van der Waals surface area contributed by atoms with Gasteiger partial charge in [0.15, 0.2) is 0 Å². The third-order valence-electron chi connectivity index (χ3n) is 4.83. The molecule has 4 aromatic rings. The number of carbonyl (C=O) groups excluding carboxylic acids is 1. The Morgan fingerprint density at radius 2 is 1.90 bits per heavy atom. The lowest BCUT2D eigenvalue weighted by atomic mass is 10.0. The molecule has 1 aromatic carbocycles. The lowest BCUT2D eigenvalue weighted by molar-refractivity contribution is -0.114. The van der Waals surface area contributed by atoms with E-state index < -0.39 is 0 Å². The van der Waals surface area contributed by atoms with Crippen molar-refractivity contribution in [2.24, 2.45) is 0 Å². The van der Waals surface area contributed by atoms with Gasteiger partial charge in [-0.25, -0.2) is 4.98 Å². The van der Waals surface area contributed by atoms with Gasteiger partial charge in [0.2, 0.25) is 5.91 Å². The Kier molecular flexibility index (Phi) is 6.22. The Morgan fingerprint density at radius 3 is 2.67 bits per heavy atom. The van der Waals surface area contributed by atoms with Gasteiger partial charge in [-0.1, -0.05) is 19.9 Å². The molecule has 0 radical (unpaired) electrons. The molecule has 3 aromatic heterocycles. The Bertz CT molecular complexity index is 1180. The zero-order valence-corrected chi connectivity index (χ0v) is 18.9. The zero-order chi connectivity index (χ0) is 21.1. The number of thiazole rings is 1. The van der Waals surface area contributed by atoms with E-state index in [4.69, 9.17) is 4.98 Å². The van der Waals surface area contributed by atoms with Crippen LogP contribution in [0.15, 0.2) is 42.7 Å². The highest BCUT2D eigenvalue weighted by Gasteiger charge is 2.24. The van der Waals surface area contributed by atoms with Crippen LogP contribution in [0.2, 0.25) is 0 Å².